The molecule has 0 unspecified atom stereocenters. The minimum Gasteiger partial charge on any atom is -0.497 e. The van der Waals surface area contributed by atoms with Crippen LogP contribution in [-0.4, -0.2) is 61.9 Å². The second kappa shape index (κ2) is 13.0. The number of nitrogens with zero attached hydrogens (tertiary/aromatic N) is 2. The lowest BCUT2D eigenvalue weighted by Crippen LogP contribution is -2.41. The number of methoxy groups -OCH3 is 1. The summed E-state index contributed by atoms with van der Waals surface area (Å²) in [5.74, 6) is 1.17. The molecular weight excluding hydrogens is 486 g/mol. The molecule has 0 saturated carbocycles. The average molecular weight is 526 g/mol. The predicted octanol–water partition coefficient (Wildman–Crippen LogP) is 5.42. The number of benzene rings is 3. The molecule has 1 aliphatic heterocycles. The van der Waals surface area contributed by atoms with Gasteiger partial charge in [0.2, 0.25) is 5.91 Å². The molecule has 204 valence electrons. The van der Waals surface area contributed by atoms with Gasteiger partial charge in [-0.05, 0) is 40.8 Å². The van der Waals surface area contributed by atoms with Gasteiger partial charge in [0, 0.05) is 62.2 Å². The Balaban J connectivity index is 1.41. The number of amides is 1. The second-order valence-corrected chi connectivity index (χ2v) is 10.4. The van der Waals surface area contributed by atoms with Gasteiger partial charge in [-0.3, -0.25) is 9.69 Å². The molecule has 1 amide bonds. The smallest absolute Gasteiger partial charge is 0.220 e. The van der Waals surface area contributed by atoms with Crippen molar-refractivity contribution in [3.63, 3.8) is 0 Å². The highest BCUT2D eigenvalue weighted by atomic mass is 16.5. The third-order valence-electron chi connectivity index (χ3n) is 7.92. The molecule has 6 heteroatoms. The van der Waals surface area contributed by atoms with E-state index in [1.165, 1.54) is 27.6 Å². The van der Waals surface area contributed by atoms with Crippen LogP contribution in [-0.2, 0) is 16.1 Å². The molecule has 3 aromatic carbocycles. The first-order chi connectivity index (χ1) is 19.1. The van der Waals surface area contributed by atoms with Crippen molar-refractivity contribution >= 4 is 16.8 Å². The Labute approximate surface area is 231 Å². The van der Waals surface area contributed by atoms with Gasteiger partial charge in [0.25, 0.3) is 0 Å². The van der Waals surface area contributed by atoms with E-state index in [9.17, 15) is 4.79 Å². The third kappa shape index (κ3) is 6.70. The van der Waals surface area contributed by atoms with E-state index in [4.69, 9.17) is 9.47 Å². The predicted molar refractivity (Wildman–Crippen MR) is 157 cm³/mol. The topological polar surface area (TPSA) is 55.7 Å². The summed E-state index contributed by atoms with van der Waals surface area (Å²) in [6.45, 7) is 7.91. The van der Waals surface area contributed by atoms with E-state index < -0.39 is 0 Å². The Bertz CT molecular complexity index is 1340. The normalized spacial score (nSPS) is 15.6. The van der Waals surface area contributed by atoms with Crippen molar-refractivity contribution in [3.8, 4) is 5.75 Å². The van der Waals surface area contributed by atoms with Gasteiger partial charge in [-0.1, -0.05) is 67.6 Å². The van der Waals surface area contributed by atoms with E-state index in [1.54, 1.807) is 7.11 Å². The first-order valence-electron chi connectivity index (χ1n) is 13.9. The minimum atomic E-state index is 0.0396. The number of hydrogen-bond acceptors (Lipinski definition) is 4. The molecule has 2 heterocycles. The van der Waals surface area contributed by atoms with E-state index in [-0.39, 0.29) is 17.7 Å². The molecule has 39 heavy (non-hydrogen) atoms. The van der Waals surface area contributed by atoms with Crippen molar-refractivity contribution in [2.75, 3.05) is 46.5 Å². The molecular formula is C33H39N3O3. The van der Waals surface area contributed by atoms with Crippen LogP contribution in [0.1, 0.15) is 41.9 Å². The number of aromatic nitrogens is 1. The maximum Gasteiger partial charge on any atom is 0.220 e. The van der Waals surface area contributed by atoms with Crippen molar-refractivity contribution in [1.82, 2.24) is 14.8 Å². The van der Waals surface area contributed by atoms with Crippen molar-refractivity contribution in [2.24, 2.45) is 0 Å². The van der Waals surface area contributed by atoms with Crippen LogP contribution in [0.4, 0.5) is 0 Å². The molecule has 0 aliphatic carbocycles. The number of fused-ring (bicyclic) bond motifs is 1. The maximum atomic E-state index is 13.3. The number of hydrogen-bond donors (Lipinski definition) is 1. The third-order valence-corrected chi connectivity index (χ3v) is 7.92. The number of para-hydroxylation sites is 1. The molecule has 1 fully saturated rings. The lowest BCUT2D eigenvalue weighted by Gasteiger charge is -2.27. The zero-order valence-corrected chi connectivity index (χ0v) is 23.0. The highest BCUT2D eigenvalue weighted by Gasteiger charge is 2.27. The molecule has 4 aromatic rings. The molecule has 5 rings (SSSR count). The van der Waals surface area contributed by atoms with Crippen LogP contribution in [0, 0.1) is 0 Å². The lowest BCUT2D eigenvalue weighted by molar-refractivity contribution is -0.121. The second-order valence-electron chi connectivity index (χ2n) is 10.4. The zero-order chi connectivity index (χ0) is 27.0. The molecule has 6 nitrogen and oxygen atoms in total. The Hall–Kier alpha value is -3.61. The van der Waals surface area contributed by atoms with Crippen LogP contribution < -0.4 is 10.1 Å². The van der Waals surface area contributed by atoms with E-state index >= 15 is 0 Å². The van der Waals surface area contributed by atoms with E-state index in [2.05, 4.69) is 88.6 Å². The standard InChI is InChI=1S/C33H39N3O3/c1-25(27-8-4-3-5-9-27)30(22-33(37)34-16-17-35-18-20-39-21-19-35)31-24-36(32-11-7-6-10-29(31)32)23-26-12-14-28(38-2)15-13-26/h3-15,24-25,30H,16-23H2,1-2H3,(H,34,37)/t25-,30+/m1/s1. The molecule has 1 aromatic heterocycles. The fourth-order valence-corrected chi connectivity index (χ4v) is 5.62. The Morgan fingerprint density at radius 2 is 1.69 bits per heavy atom. The summed E-state index contributed by atoms with van der Waals surface area (Å²) in [5.41, 5.74) is 4.85. The number of carbonyl (C=O) groups is 1. The van der Waals surface area contributed by atoms with Crippen LogP contribution in [0.5, 0.6) is 5.75 Å². The molecule has 0 radical (unpaired) electrons. The van der Waals surface area contributed by atoms with Gasteiger partial charge < -0.3 is 19.4 Å². The average Bonchev–Trinajstić information content (AvgIpc) is 3.35. The number of ether oxygens (including phenoxy) is 2. The first kappa shape index (κ1) is 27.0. The van der Waals surface area contributed by atoms with Gasteiger partial charge in [0.1, 0.15) is 5.75 Å². The largest absolute Gasteiger partial charge is 0.497 e. The van der Waals surface area contributed by atoms with E-state index in [1.807, 2.05) is 18.2 Å². The zero-order valence-electron chi connectivity index (χ0n) is 23.0. The summed E-state index contributed by atoms with van der Waals surface area (Å²) in [5, 5.41) is 4.41. The maximum absolute atomic E-state index is 13.3. The van der Waals surface area contributed by atoms with Crippen molar-refractivity contribution in [1.29, 1.82) is 0 Å². The first-order valence-corrected chi connectivity index (χ1v) is 13.9. The van der Waals surface area contributed by atoms with Gasteiger partial charge in [0.05, 0.1) is 20.3 Å². The molecule has 1 aliphatic rings. The van der Waals surface area contributed by atoms with Crippen LogP contribution in [0.25, 0.3) is 10.9 Å². The van der Waals surface area contributed by atoms with Crippen LogP contribution in [0.3, 0.4) is 0 Å². The van der Waals surface area contributed by atoms with E-state index in [0.717, 1.165) is 45.1 Å². The highest BCUT2D eigenvalue weighted by Crippen LogP contribution is 2.40. The SMILES string of the molecule is COc1ccc(Cn2cc([C@@H](CC(=O)NCCN3CCOCC3)[C@H](C)c3ccccc3)c3ccccc32)cc1. The van der Waals surface area contributed by atoms with Crippen molar-refractivity contribution < 1.29 is 14.3 Å². The molecule has 1 saturated heterocycles. The molecule has 0 bridgehead atoms. The minimum absolute atomic E-state index is 0.0396. The summed E-state index contributed by atoms with van der Waals surface area (Å²) < 4.78 is 13.1. The number of morpholine rings is 1. The molecule has 2 atom stereocenters. The van der Waals surface area contributed by atoms with Crippen molar-refractivity contribution in [3.05, 3.63) is 102 Å². The number of carbonyl (C=O) groups excluding carboxylic acids is 1. The summed E-state index contributed by atoms with van der Waals surface area (Å²) in [6, 6.07) is 27.3. The summed E-state index contributed by atoms with van der Waals surface area (Å²) >= 11 is 0. The van der Waals surface area contributed by atoms with Gasteiger partial charge in [-0.2, -0.15) is 0 Å². The summed E-state index contributed by atoms with van der Waals surface area (Å²) in [6.07, 6.45) is 2.70. The fourth-order valence-electron chi connectivity index (χ4n) is 5.62. The Morgan fingerprint density at radius 3 is 2.44 bits per heavy atom. The van der Waals surface area contributed by atoms with Crippen LogP contribution >= 0.6 is 0 Å². The lowest BCUT2D eigenvalue weighted by atomic mass is 9.80. The fraction of sp³-hybridized carbons (Fsp3) is 0.364. The van der Waals surface area contributed by atoms with Gasteiger partial charge in [-0.25, -0.2) is 0 Å². The van der Waals surface area contributed by atoms with Crippen LogP contribution in [0.2, 0.25) is 0 Å². The summed E-state index contributed by atoms with van der Waals surface area (Å²) in [7, 11) is 1.69. The molecule has 0 spiro atoms. The summed E-state index contributed by atoms with van der Waals surface area (Å²) in [4.78, 5) is 15.7. The highest BCUT2D eigenvalue weighted by molar-refractivity contribution is 5.86. The molecule has 1 N–H and O–H groups in total. The quantitative estimate of drug-likeness (QED) is 0.284. The van der Waals surface area contributed by atoms with Gasteiger partial charge in [0.15, 0.2) is 0 Å². The number of rotatable bonds is 11. The van der Waals surface area contributed by atoms with Gasteiger partial charge in [-0.15, -0.1) is 0 Å². The Morgan fingerprint density at radius 1 is 0.974 bits per heavy atom. The van der Waals surface area contributed by atoms with Crippen LogP contribution in [0.15, 0.2) is 85.1 Å². The monoisotopic (exact) mass is 525 g/mol. The van der Waals surface area contributed by atoms with E-state index in [0.29, 0.717) is 13.0 Å². The Kier molecular flexibility index (Phi) is 8.96. The van der Waals surface area contributed by atoms with Gasteiger partial charge >= 0.3 is 0 Å². The number of nitrogens with one attached hydrogen (secondary N) is 1. The van der Waals surface area contributed by atoms with Crippen molar-refractivity contribution in [2.45, 2.75) is 31.7 Å².